The first-order valence-corrected chi connectivity index (χ1v) is 22.8. The zero-order valence-electron chi connectivity index (χ0n) is 36.1. The number of fused-ring (bicyclic) bond motifs is 2. The van der Waals surface area contributed by atoms with Crippen molar-refractivity contribution in [2.75, 3.05) is 31.1 Å². The van der Waals surface area contributed by atoms with Gasteiger partial charge in [0.1, 0.15) is 35.5 Å². The van der Waals surface area contributed by atoms with E-state index in [0.717, 1.165) is 68.3 Å². The number of likely N-dealkylation sites (tertiary alicyclic amines) is 1. The molecule has 2 saturated carbocycles. The Labute approximate surface area is 376 Å². The van der Waals surface area contributed by atoms with E-state index in [0.29, 0.717) is 59.0 Å². The first-order valence-electron chi connectivity index (χ1n) is 22.4. The minimum absolute atomic E-state index is 0.0190. The number of halogens is 2. The summed E-state index contributed by atoms with van der Waals surface area (Å²) in [6.45, 7) is 10.1. The summed E-state index contributed by atoms with van der Waals surface area (Å²) >= 11 is 6.26. The zero-order valence-corrected chi connectivity index (χ0v) is 36.8. The molecule has 64 heavy (non-hydrogen) atoms. The van der Waals surface area contributed by atoms with E-state index in [2.05, 4.69) is 48.9 Å². The van der Waals surface area contributed by atoms with Gasteiger partial charge in [0.05, 0.1) is 45.2 Å². The number of imide groups is 2. The summed E-state index contributed by atoms with van der Waals surface area (Å²) in [5.74, 6) is 4.69. The van der Waals surface area contributed by atoms with Crippen molar-refractivity contribution in [1.82, 2.24) is 25.0 Å². The Hall–Kier alpha value is -5.83. The second-order valence-electron chi connectivity index (χ2n) is 19.5. The van der Waals surface area contributed by atoms with Crippen LogP contribution >= 0.6 is 11.6 Å². The summed E-state index contributed by atoms with van der Waals surface area (Å²) in [7, 11) is 0. The number of aromatic nitrogens is 1. The highest BCUT2D eigenvalue weighted by Crippen LogP contribution is 2.52. The van der Waals surface area contributed by atoms with E-state index in [1.165, 1.54) is 6.07 Å². The molecule has 3 saturated heterocycles. The largest absolute Gasteiger partial charge is 0.489 e. The van der Waals surface area contributed by atoms with Gasteiger partial charge in [0.2, 0.25) is 11.8 Å². The van der Waals surface area contributed by atoms with Crippen LogP contribution in [0.3, 0.4) is 0 Å². The molecule has 330 valence electrons. The van der Waals surface area contributed by atoms with Crippen LogP contribution in [0, 0.1) is 51.7 Å². The van der Waals surface area contributed by atoms with Crippen LogP contribution in [0.2, 0.25) is 5.02 Å². The van der Waals surface area contributed by atoms with Gasteiger partial charge in [0.15, 0.2) is 0 Å². The normalized spacial score (nSPS) is 28.1. The average molecular weight is 886 g/mol. The Morgan fingerprint density at radius 3 is 2.30 bits per heavy atom. The van der Waals surface area contributed by atoms with Crippen molar-refractivity contribution < 1.29 is 33.1 Å². The van der Waals surface area contributed by atoms with Crippen molar-refractivity contribution in [3.63, 3.8) is 0 Å². The van der Waals surface area contributed by atoms with Crippen LogP contribution in [0.15, 0.2) is 42.5 Å². The van der Waals surface area contributed by atoms with Crippen LogP contribution < -0.4 is 15.0 Å². The van der Waals surface area contributed by atoms with Gasteiger partial charge in [-0.1, -0.05) is 38.3 Å². The molecule has 0 bridgehead atoms. The first kappa shape index (κ1) is 42.1. The predicted octanol–water partition coefficient (Wildman–Crippen LogP) is 6.11. The third-order valence-corrected chi connectivity index (χ3v) is 15.6. The fraction of sp³-hybridized carbons (Fsp3) is 0.490. The van der Waals surface area contributed by atoms with Crippen molar-refractivity contribution in [3.05, 3.63) is 86.9 Å². The first-order chi connectivity index (χ1) is 30.6. The SMILES string of the molecule is CC1[C@@H](Oc2ccc(C#N)c(Cl)c2)C(C)(C)[C@@H]1N1Cc2nc(C#CC3CCC(N4CC5(CCN(c6cc7c(cc6F)C(=O)N(C6CCC(=O)NC6=O)C7=O)CC5)C4)CC3)ccc2C1=O. The van der Waals surface area contributed by atoms with Crippen molar-refractivity contribution >= 4 is 46.8 Å². The maximum absolute atomic E-state index is 15.6. The number of carbonyl (C=O) groups excluding carboxylic acids is 5. The summed E-state index contributed by atoms with van der Waals surface area (Å²) in [6.07, 6.45) is 5.89. The number of piperidine rings is 2. The molecule has 10 rings (SSSR count). The number of hydrogen-bond donors (Lipinski definition) is 1. The van der Waals surface area contributed by atoms with E-state index >= 15 is 4.39 Å². The van der Waals surface area contributed by atoms with E-state index in [4.69, 9.17) is 21.3 Å². The molecule has 2 aliphatic carbocycles. The summed E-state index contributed by atoms with van der Waals surface area (Å²) in [6, 6.07) is 12.8. The number of anilines is 1. The van der Waals surface area contributed by atoms with Crippen LogP contribution in [0.5, 0.6) is 5.75 Å². The van der Waals surface area contributed by atoms with Crippen molar-refractivity contribution in [3.8, 4) is 23.7 Å². The lowest BCUT2D eigenvalue weighted by Crippen LogP contribution is -2.69. The number of pyridine rings is 1. The molecule has 1 aromatic heterocycles. The highest BCUT2D eigenvalue weighted by Gasteiger charge is 2.60. The van der Waals surface area contributed by atoms with Gasteiger partial charge in [0.25, 0.3) is 17.7 Å². The van der Waals surface area contributed by atoms with Gasteiger partial charge in [-0.3, -0.25) is 39.1 Å². The predicted molar refractivity (Wildman–Crippen MR) is 233 cm³/mol. The fourth-order valence-electron chi connectivity index (χ4n) is 11.9. The Kier molecular flexibility index (Phi) is 10.3. The molecule has 1 spiro atoms. The van der Waals surface area contributed by atoms with Crippen LogP contribution in [0.4, 0.5) is 10.1 Å². The Morgan fingerprint density at radius 1 is 0.906 bits per heavy atom. The number of nitriles is 1. The van der Waals surface area contributed by atoms with Gasteiger partial charge in [0, 0.05) is 68.0 Å². The number of nitrogens with zero attached hydrogens (tertiary/aromatic N) is 6. The molecule has 1 N–H and O–H groups in total. The standard InChI is InChI=1S/C49H49ClFN7O6/c1-27-42(48(2,3)43(27)64-32-12-7-29(23-52)36(50)20-32)57-24-38-33(45(57)61)13-9-30(53-38)8-4-28-5-10-31(11-6-28)56-25-49(26-56)16-18-55(19-17-49)40-22-35-34(21-37(40)51)46(62)58(47(35)63)39-14-15-41(59)54-44(39)60/h7,9,12-13,20-22,27-28,31,39,42-43H,5-6,10-11,14-19,24-26H2,1-3H3,(H,54,59,60)/t27?,28?,31?,39?,42-,43-/m1/s1. The number of carbonyl (C=O) groups is 5. The molecule has 5 amide bonds. The van der Waals surface area contributed by atoms with Gasteiger partial charge in [-0.15, -0.1) is 0 Å². The van der Waals surface area contributed by atoms with E-state index in [1.807, 2.05) is 21.9 Å². The lowest BCUT2D eigenvalue weighted by atomic mass is 9.57. The Morgan fingerprint density at radius 2 is 1.62 bits per heavy atom. The van der Waals surface area contributed by atoms with Gasteiger partial charge in [-0.05, 0) is 92.7 Å². The second kappa shape index (κ2) is 15.7. The topological polar surface area (TPSA) is 156 Å². The number of hydrogen-bond acceptors (Lipinski definition) is 10. The van der Waals surface area contributed by atoms with Crippen molar-refractivity contribution in [1.29, 1.82) is 5.26 Å². The monoisotopic (exact) mass is 885 g/mol. The van der Waals surface area contributed by atoms with Crippen LogP contribution in [0.25, 0.3) is 0 Å². The molecule has 5 aliphatic heterocycles. The molecule has 4 atom stereocenters. The number of benzene rings is 2. The summed E-state index contributed by atoms with van der Waals surface area (Å²) in [5.41, 5.74) is 2.63. The van der Waals surface area contributed by atoms with E-state index < -0.39 is 35.5 Å². The fourth-order valence-corrected chi connectivity index (χ4v) is 12.1. The van der Waals surface area contributed by atoms with Gasteiger partial charge >= 0.3 is 0 Å². The number of nitrogens with one attached hydrogen (secondary N) is 1. The molecule has 15 heteroatoms. The van der Waals surface area contributed by atoms with E-state index in [1.54, 1.807) is 18.2 Å². The van der Waals surface area contributed by atoms with Crippen LogP contribution in [-0.2, 0) is 16.1 Å². The smallest absolute Gasteiger partial charge is 0.262 e. The minimum atomic E-state index is -1.10. The van der Waals surface area contributed by atoms with Crippen molar-refractivity contribution in [2.45, 2.75) is 103 Å². The molecular weight excluding hydrogens is 837 g/mol. The molecule has 2 unspecified atom stereocenters. The van der Waals surface area contributed by atoms with Gasteiger partial charge < -0.3 is 14.5 Å². The number of ether oxygens (including phenoxy) is 1. The Bertz CT molecular complexity index is 2630. The molecule has 7 aliphatic rings. The maximum atomic E-state index is 15.6. The third kappa shape index (κ3) is 7.01. The molecule has 0 radical (unpaired) electrons. The molecule has 5 fully saturated rings. The van der Waals surface area contributed by atoms with E-state index in [9.17, 15) is 29.2 Å². The highest BCUT2D eigenvalue weighted by atomic mass is 35.5. The minimum Gasteiger partial charge on any atom is -0.489 e. The van der Waals surface area contributed by atoms with E-state index in [-0.39, 0.29) is 64.7 Å². The molecule has 6 heterocycles. The average Bonchev–Trinajstić information content (AvgIpc) is 3.70. The summed E-state index contributed by atoms with van der Waals surface area (Å²) in [5, 5.41) is 11.8. The Balaban J connectivity index is 0.697. The molecular formula is C49H49ClFN7O6. The van der Waals surface area contributed by atoms with Gasteiger partial charge in [-0.25, -0.2) is 9.37 Å². The van der Waals surface area contributed by atoms with Gasteiger partial charge in [-0.2, -0.15) is 5.26 Å². The van der Waals surface area contributed by atoms with Crippen molar-refractivity contribution in [2.24, 2.45) is 22.7 Å². The zero-order chi connectivity index (χ0) is 44.8. The maximum Gasteiger partial charge on any atom is 0.262 e. The highest BCUT2D eigenvalue weighted by molar-refractivity contribution is 6.31. The molecule has 2 aromatic carbocycles. The van der Waals surface area contributed by atoms with Crippen LogP contribution in [-0.4, -0.2) is 99.6 Å². The third-order valence-electron chi connectivity index (χ3n) is 15.3. The molecule has 3 aromatic rings. The van der Waals surface area contributed by atoms with Crippen LogP contribution in [0.1, 0.15) is 120 Å². The lowest BCUT2D eigenvalue weighted by Gasteiger charge is -2.59. The summed E-state index contributed by atoms with van der Waals surface area (Å²) < 4.78 is 21.9. The number of amides is 5. The second-order valence-corrected chi connectivity index (χ2v) is 19.9. The molecule has 13 nitrogen and oxygen atoms in total. The lowest BCUT2D eigenvalue weighted by molar-refractivity contribution is -0.144. The summed E-state index contributed by atoms with van der Waals surface area (Å²) in [4.78, 5) is 76.6. The number of rotatable bonds is 6. The quantitative estimate of drug-likeness (QED) is 0.227.